The third kappa shape index (κ3) is 5.58. The van der Waals surface area contributed by atoms with Crippen molar-refractivity contribution in [2.75, 3.05) is 5.75 Å². The highest BCUT2D eigenvalue weighted by Gasteiger charge is 2.23. The third-order valence-electron chi connectivity index (χ3n) is 2.76. The molecule has 0 radical (unpaired) electrons. The van der Waals surface area contributed by atoms with Gasteiger partial charge in [-0.15, -0.1) is 0 Å². The number of carboxylic acid groups (broad SMARTS) is 1. The second-order valence-electron chi connectivity index (χ2n) is 4.55. The Hall–Kier alpha value is -1.60. The smallest absolute Gasteiger partial charge is 0.322 e. The molecule has 7 heteroatoms. The number of unbranched alkanes of at least 4 members (excludes halogenated alkanes) is 1. The van der Waals surface area contributed by atoms with Crippen LogP contribution in [0.1, 0.15) is 25.3 Å². The summed E-state index contributed by atoms with van der Waals surface area (Å²) in [5.41, 5.74) is 0.633. The summed E-state index contributed by atoms with van der Waals surface area (Å²) in [6.45, 7) is 1.86. The second kappa shape index (κ2) is 7.25. The van der Waals surface area contributed by atoms with Gasteiger partial charge < -0.3 is 10.2 Å². The molecule has 1 rings (SSSR count). The van der Waals surface area contributed by atoms with Crippen LogP contribution in [0.2, 0.25) is 0 Å². The monoisotopic (exact) mass is 301 g/mol. The largest absolute Gasteiger partial charge is 0.508 e. The van der Waals surface area contributed by atoms with Crippen LogP contribution in [0.3, 0.4) is 0 Å². The van der Waals surface area contributed by atoms with E-state index in [1.807, 2.05) is 6.92 Å². The van der Waals surface area contributed by atoms with E-state index in [0.717, 1.165) is 6.42 Å². The second-order valence-corrected chi connectivity index (χ2v) is 6.43. The van der Waals surface area contributed by atoms with Crippen LogP contribution in [0, 0.1) is 0 Å². The minimum Gasteiger partial charge on any atom is -0.508 e. The summed E-state index contributed by atoms with van der Waals surface area (Å²) in [4.78, 5) is 11.1. The zero-order chi connectivity index (χ0) is 15.2. The van der Waals surface area contributed by atoms with Crippen molar-refractivity contribution >= 4 is 16.0 Å². The van der Waals surface area contributed by atoms with Gasteiger partial charge in [-0.05, 0) is 30.5 Å². The van der Waals surface area contributed by atoms with Gasteiger partial charge in [0.05, 0.1) is 5.75 Å². The Labute approximate surface area is 118 Å². The van der Waals surface area contributed by atoms with Gasteiger partial charge in [0.2, 0.25) is 10.0 Å². The van der Waals surface area contributed by atoms with Crippen molar-refractivity contribution in [3.05, 3.63) is 29.8 Å². The lowest BCUT2D eigenvalue weighted by atomic mass is 10.1. The number of hydrogen-bond acceptors (Lipinski definition) is 4. The summed E-state index contributed by atoms with van der Waals surface area (Å²) in [5, 5.41) is 18.3. The Morgan fingerprint density at radius 2 is 1.90 bits per heavy atom. The first kappa shape index (κ1) is 16.5. The topological polar surface area (TPSA) is 104 Å². The number of phenolic OH excluding ortho intramolecular Hbond substituents is 1. The Balaban J connectivity index is 2.75. The molecule has 20 heavy (non-hydrogen) atoms. The molecule has 0 spiro atoms. The van der Waals surface area contributed by atoms with E-state index in [2.05, 4.69) is 4.72 Å². The average Bonchev–Trinajstić information content (AvgIpc) is 2.38. The van der Waals surface area contributed by atoms with Crippen molar-refractivity contribution in [1.29, 1.82) is 0 Å². The van der Waals surface area contributed by atoms with Crippen LogP contribution in [0.25, 0.3) is 0 Å². The van der Waals surface area contributed by atoms with Crippen molar-refractivity contribution in [2.45, 2.75) is 32.2 Å². The molecule has 0 aliphatic heterocycles. The van der Waals surface area contributed by atoms with Gasteiger partial charge in [-0.2, -0.15) is 0 Å². The summed E-state index contributed by atoms with van der Waals surface area (Å²) in [6, 6.07) is 4.78. The number of aromatic hydroxyl groups is 1. The molecule has 0 aliphatic rings. The van der Waals surface area contributed by atoms with E-state index in [1.54, 1.807) is 12.1 Å². The standard InChI is InChI=1S/C13H19NO5S/c1-2-3-8-20(18,19)14-12(13(16)17)9-10-4-6-11(15)7-5-10/h4-7,12,14-15H,2-3,8-9H2,1H3,(H,16,17)/t12-/m1/s1. The Bertz CT molecular complexity index is 538. The first-order valence-electron chi connectivity index (χ1n) is 6.35. The summed E-state index contributed by atoms with van der Waals surface area (Å²) in [7, 11) is -3.60. The molecular formula is C13H19NO5S. The molecule has 0 unspecified atom stereocenters. The maximum Gasteiger partial charge on any atom is 0.322 e. The summed E-state index contributed by atoms with van der Waals surface area (Å²) < 4.78 is 25.7. The number of carboxylic acids is 1. The van der Waals surface area contributed by atoms with Gasteiger partial charge in [-0.3, -0.25) is 4.79 Å². The van der Waals surface area contributed by atoms with Gasteiger partial charge in [-0.25, -0.2) is 13.1 Å². The number of carbonyl (C=O) groups is 1. The zero-order valence-electron chi connectivity index (χ0n) is 11.2. The van der Waals surface area contributed by atoms with Crippen LogP contribution in [0.4, 0.5) is 0 Å². The molecule has 112 valence electrons. The number of benzene rings is 1. The van der Waals surface area contributed by atoms with Crippen molar-refractivity contribution in [2.24, 2.45) is 0 Å². The molecule has 1 aromatic carbocycles. The Morgan fingerprint density at radius 3 is 2.40 bits per heavy atom. The lowest BCUT2D eigenvalue weighted by Gasteiger charge is -2.14. The average molecular weight is 301 g/mol. The molecule has 0 bridgehead atoms. The van der Waals surface area contributed by atoms with Gasteiger partial charge in [0, 0.05) is 0 Å². The highest BCUT2D eigenvalue weighted by atomic mass is 32.2. The molecule has 0 aromatic heterocycles. The molecule has 1 aromatic rings. The van der Waals surface area contributed by atoms with Gasteiger partial charge in [0.15, 0.2) is 0 Å². The maximum atomic E-state index is 11.7. The number of phenols is 1. The van der Waals surface area contributed by atoms with Crippen molar-refractivity contribution < 1.29 is 23.4 Å². The summed E-state index contributed by atoms with van der Waals surface area (Å²) >= 11 is 0. The fourth-order valence-corrected chi connectivity index (χ4v) is 3.06. The first-order valence-corrected chi connectivity index (χ1v) is 8.00. The summed E-state index contributed by atoms with van der Waals surface area (Å²) in [5.74, 6) is -1.23. The fourth-order valence-electron chi connectivity index (χ4n) is 1.66. The third-order valence-corrected chi connectivity index (χ3v) is 4.23. The fraction of sp³-hybridized carbons (Fsp3) is 0.462. The zero-order valence-corrected chi connectivity index (χ0v) is 12.1. The summed E-state index contributed by atoms with van der Waals surface area (Å²) in [6.07, 6.45) is 1.23. The van der Waals surface area contributed by atoms with Crippen LogP contribution in [-0.2, 0) is 21.2 Å². The normalized spacial score (nSPS) is 13.1. The molecule has 0 fully saturated rings. The van der Waals surface area contributed by atoms with E-state index < -0.39 is 22.0 Å². The predicted octanol–water partition coefficient (Wildman–Crippen LogP) is 1.11. The van der Waals surface area contributed by atoms with Crippen LogP contribution in [-0.4, -0.2) is 36.4 Å². The highest BCUT2D eigenvalue weighted by molar-refractivity contribution is 7.89. The van der Waals surface area contributed by atoms with Crippen molar-refractivity contribution in [1.82, 2.24) is 4.72 Å². The van der Waals surface area contributed by atoms with Crippen LogP contribution in [0.15, 0.2) is 24.3 Å². The van der Waals surface area contributed by atoms with E-state index >= 15 is 0 Å². The highest BCUT2D eigenvalue weighted by Crippen LogP contribution is 2.12. The predicted molar refractivity (Wildman–Crippen MR) is 75.1 cm³/mol. The first-order chi connectivity index (χ1) is 9.34. The minimum absolute atomic E-state index is 0.0287. The lowest BCUT2D eigenvalue weighted by Crippen LogP contribution is -2.43. The number of sulfonamides is 1. The number of hydrogen-bond donors (Lipinski definition) is 3. The molecule has 0 heterocycles. The molecular weight excluding hydrogens is 282 g/mol. The van der Waals surface area contributed by atoms with E-state index in [9.17, 15) is 13.2 Å². The van der Waals surface area contributed by atoms with Crippen LogP contribution < -0.4 is 4.72 Å². The lowest BCUT2D eigenvalue weighted by molar-refractivity contribution is -0.138. The maximum absolute atomic E-state index is 11.7. The van der Waals surface area contributed by atoms with E-state index in [4.69, 9.17) is 10.2 Å². The van der Waals surface area contributed by atoms with Crippen molar-refractivity contribution in [3.8, 4) is 5.75 Å². The Kier molecular flexibility index (Phi) is 5.97. The quantitative estimate of drug-likeness (QED) is 0.667. The number of nitrogens with one attached hydrogen (secondary N) is 1. The van der Waals surface area contributed by atoms with Crippen molar-refractivity contribution in [3.63, 3.8) is 0 Å². The molecule has 3 N–H and O–H groups in total. The Morgan fingerprint density at radius 1 is 1.30 bits per heavy atom. The molecule has 6 nitrogen and oxygen atoms in total. The van der Waals surface area contributed by atoms with E-state index in [-0.39, 0.29) is 17.9 Å². The van der Waals surface area contributed by atoms with Crippen LogP contribution in [0.5, 0.6) is 5.75 Å². The van der Waals surface area contributed by atoms with Gasteiger partial charge in [-0.1, -0.05) is 25.5 Å². The van der Waals surface area contributed by atoms with Gasteiger partial charge >= 0.3 is 5.97 Å². The van der Waals surface area contributed by atoms with Gasteiger partial charge in [0.1, 0.15) is 11.8 Å². The molecule has 0 aliphatic carbocycles. The SMILES string of the molecule is CCCCS(=O)(=O)N[C@H](Cc1ccc(O)cc1)C(=O)O. The number of aliphatic carboxylic acids is 1. The minimum atomic E-state index is -3.60. The molecule has 0 saturated carbocycles. The molecule has 0 amide bonds. The van der Waals surface area contributed by atoms with Gasteiger partial charge in [0.25, 0.3) is 0 Å². The van der Waals surface area contributed by atoms with Crippen LogP contribution >= 0.6 is 0 Å². The van der Waals surface area contributed by atoms with E-state index in [0.29, 0.717) is 12.0 Å². The molecule has 1 atom stereocenters. The van der Waals surface area contributed by atoms with E-state index in [1.165, 1.54) is 12.1 Å². The molecule has 0 saturated heterocycles. The number of rotatable bonds is 8.